The Hall–Kier alpha value is -1.66. The average Bonchev–Trinajstić information content (AvgIpc) is 3.45. The van der Waals surface area contributed by atoms with Crippen molar-refractivity contribution >= 4 is 11.9 Å². The highest BCUT2D eigenvalue weighted by molar-refractivity contribution is 5.76. The van der Waals surface area contributed by atoms with Gasteiger partial charge in [0.1, 0.15) is 0 Å². The first kappa shape index (κ1) is 77.3. The number of aliphatic hydroxyl groups is 2. The van der Waals surface area contributed by atoms with Crippen molar-refractivity contribution in [3.05, 3.63) is 24.3 Å². The monoisotopic (exact) mass is 1110 g/mol. The second-order valence-electron chi connectivity index (χ2n) is 24.9. The molecule has 6 nitrogen and oxygen atoms in total. The van der Waals surface area contributed by atoms with Crippen LogP contribution >= 0.6 is 0 Å². The normalized spacial score (nSPS) is 12.6. The summed E-state index contributed by atoms with van der Waals surface area (Å²) >= 11 is 0. The van der Waals surface area contributed by atoms with Crippen molar-refractivity contribution in [2.45, 2.75) is 418 Å². The summed E-state index contributed by atoms with van der Waals surface area (Å²) in [6.07, 6.45) is 86.7. The first-order valence-corrected chi connectivity index (χ1v) is 36.1. The van der Waals surface area contributed by atoms with E-state index in [1.165, 1.54) is 327 Å². The fourth-order valence-electron chi connectivity index (χ4n) is 11.5. The van der Waals surface area contributed by atoms with Gasteiger partial charge < -0.3 is 20.3 Å². The van der Waals surface area contributed by atoms with E-state index in [-0.39, 0.29) is 18.5 Å². The summed E-state index contributed by atoms with van der Waals surface area (Å²) in [6, 6.07) is -0.539. The first-order valence-electron chi connectivity index (χ1n) is 36.1. The van der Waals surface area contributed by atoms with Crippen LogP contribution in [0.1, 0.15) is 406 Å². The van der Waals surface area contributed by atoms with Crippen LogP contribution in [0.2, 0.25) is 0 Å². The third-order valence-corrected chi connectivity index (χ3v) is 17.0. The number of hydrogen-bond acceptors (Lipinski definition) is 5. The van der Waals surface area contributed by atoms with Crippen LogP contribution in [-0.2, 0) is 14.3 Å². The molecule has 0 spiro atoms. The lowest BCUT2D eigenvalue weighted by molar-refractivity contribution is -0.143. The van der Waals surface area contributed by atoms with Crippen LogP contribution in [0.5, 0.6) is 0 Å². The fraction of sp³-hybridized carbons (Fsp3) is 0.918. The van der Waals surface area contributed by atoms with Gasteiger partial charge in [0.2, 0.25) is 5.91 Å². The zero-order valence-corrected chi connectivity index (χ0v) is 53.6. The highest BCUT2D eigenvalue weighted by Gasteiger charge is 2.20. The summed E-state index contributed by atoms with van der Waals surface area (Å²) in [6.45, 7) is 4.98. The Morgan fingerprint density at radius 1 is 0.354 bits per heavy atom. The number of rotatable bonds is 68. The number of hydrogen-bond donors (Lipinski definition) is 3. The second-order valence-corrected chi connectivity index (χ2v) is 24.9. The fourth-order valence-corrected chi connectivity index (χ4v) is 11.5. The minimum Gasteiger partial charge on any atom is -0.466 e. The molecule has 1 amide bonds. The number of carbonyl (C=O) groups excluding carboxylic acids is 2. The van der Waals surface area contributed by atoms with Gasteiger partial charge in [0.05, 0.1) is 25.4 Å². The molecule has 0 rings (SSSR count). The maximum absolute atomic E-state index is 12.5. The van der Waals surface area contributed by atoms with E-state index in [1.54, 1.807) is 0 Å². The molecule has 79 heavy (non-hydrogen) atoms. The molecule has 2 unspecified atom stereocenters. The van der Waals surface area contributed by atoms with Gasteiger partial charge in [0, 0.05) is 12.8 Å². The summed E-state index contributed by atoms with van der Waals surface area (Å²) in [7, 11) is 0. The van der Waals surface area contributed by atoms with Crippen LogP contribution in [0.3, 0.4) is 0 Å². The maximum atomic E-state index is 12.5. The Morgan fingerprint density at radius 2 is 0.633 bits per heavy atom. The quantitative estimate of drug-likeness (QED) is 0.0320. The molecule has 0 aromatic carbocycles. The molecule has 468 valence electrons. The lowest BCUT2D eigenvalue weighted by atomic mass is 10.0. The van der Waals surface area contributed by atoms with Crippen LogP contribution in [0.4, 0.5) is 0 Å². The van der Waals surface area contributed by atoms with E-state index in [2.05, 4.69) is 43.5 Å². The number of amides is 1. The van der Waals surface area contributed by atoms with Gasteiger partial charge in [0.25, 0.3) is 0 Å². The molecule has 3 N–H and O–H groups in total. The van der Waals surface area contributed by atoms with Crippen molar-refractivity contribution in [3.63, 3.8) is 0 Å². The van der Waals surface area contributed by atoms with Crippen LogP contribution in [-0.4, -0.2) is 47.4 Å². The second kappa shape index (κ2) is 68.8. The Bertz CT molecular complexity index is 1230. The first-order chi connectivity index (χ1) is 39.0. The van der Waals surface area contributed by atoms with Crippen LogP contribution < -0.4 is 5.32 Å². The average molecular weight is 1110 g/mol. The van der Waals surface area contributed by atoms with Crippen molar-refractivity contribution in [1.82, 2.24) is 5.32 Å². The Kier molecular flexibility index (Phi) is 67.4. The molecule has 0 radical (unpaired) electrons. The molecule has 6 heteroatoms. The van der Waals surface area contributed by atoms with Crippen LogP contribution in [0, 0.1) is 0 Å². The molecule has 0 aliphatic carbocycles. The molecule has 0 aromatic rings. The van der Waals surface area contributed by atoms with Gasteiger partial charge in [-0.05, 0) is 57.8 Å². The standard InChI is InChI=1S/C73H141NO5/c1-3-5-7-9-11-13-15-17-18-39-43-47-51-55-59-63-67-73(78)79-68-64-60-56-52-48-44-40-37-35-33-31-29-27-25-23-21-19-20-22-24-26-28-30-32-34-36-38-42-46-50-54-58-62-66-72(77)74-70(69-75)71(76)65-61-57-53-49-45-41-16-14-12-10-8-6-4-2/h23,25,29,31,70-71,75-76H,3-22,24,26-28,30,32-69H2,1-2H3,(H,74,77)/b25-23-,31-29-. The SMILES string of the molecule is CCCCCCCCCCCCCCCCCCC(=O)OCCCCCCCCCCC/C=C\C/C=C\CCCCCCCCCCCCCCCCCCCC(=O)NC(CO)C(O)CCCCCCCCCCCCCCC. The van der Waals surface area contributed by atoms with E-state index < -0.39 is 12.1 Å². The van der Waals surface area contributed by atoms with Crippen LogP contribution in [0.25, 0.3) is 0 Å². The van der Waals surface area contributed by atoms with Crippen molar-refractivity contribution in [1.29, 1.82) is 0 Å². The lowest BCUT2D eigenvalue weighted by Gasteiger charge is -2.22. The third kappa shape index (κ3) is 65.4. The van der Waals surface area contributed by atoms with Gasteiger partial charge in [-0.2, -0.15) is 0 Å². The minimum absolute atomic E-state index is 0.0183. The molecule has 0 heterocycles. The zero-order valence-electron chi connectivity index (χ0n) is 53.6. The molecule has 0 saturated heterocycles. The van der Waals surface area contributed by atoms with Crippen molar-refractivity contribution in [2.24, 2.45) is 0 Å². The molecule has 0 aliphatic rings. The number of unbranched alkanes of at least 4 members (excludes halogenated alkanes) is 53. The molecule has 0 saturated carbocycles. The van der Waals surface area contributed by atoms with E-state index >= 15 is 0 Å². The molecule has 2 atom stereocenters. The predicted octanol–water partition coefficient (Wildman–Crippen LogP) is 23.3. The van der Waals surface area contributed by atoms with Gasteiger partial charge in [-0.15, -0.1) is 0 Å². The molecule has 0 fully saturated rings. The Morgan fingerprint density at radius 3 is 0.962 bits per heavy atom. The molecule has 0 bridgehead atoms. The maximum Gasteiger partial charge on any atom is 0.305 e. The molecule has 0 aliphatic heterocycles. The highest BCUT2D eigenvalue weighted by Crippen LogP contribution is 2.19. The van der Waals surface area contributed by atoms with E-state index in [0.717, 1.165) is 44.9 Å². The molecule has 0 aromatic heterocycles. The minimum atomic E-state index is -0.662. The smallest absolute Gasteiger partial charge is 0.305 e. The van der Waals surface area contributed by atoms with Gasteiger partial charge in [0.15, 0.2) is 0 Å². The van der Waals surface area contributed by atoms with E-state index in [4.69, 9.17) is 4.74 Å². The van der Waals surface area contributed by atoms with Crippen molar-refractivity contribution < 1.29 is 24.5 Å². The topological polar surface area (TPSA) is 95.9 Å². The number of aliphatic hydroxyl groups excluding tert-OH is 2. The Labute approximate surface area is 494 Å². The lowest BCUT2D eigenvalue weighted by Crippen LogP contribution is -2.45. The van der Waals surface area contributed by atoms with Gasteiger partial charge in [-0.25, -0.2) is 0 Å². The molecular weight excluding hydrogens is 971 g/mol. The predicted molar refractivity (Wildman–Crippen MR) is 347 cm³/mol. The van der Waals surface area contributed by atoms with Crippen molar-refractivity contribution in [2.75, 3.05) is 13.2 Å². The largest absolute Gasteiger partial charge is 0.466 e. The van der Waals surface area contributed by atoms with Gasteiger partial charge in [-0.1, -0.05) is 359 Å². The van der Waals surface area contributed by atoms with Crippen LogP contribution in [0.15, 0.2) is 24.3 Å². The summed E-state index contributed by atoms with van der Waals surface area (Å²) in [4.78, 5) is 24.6. The number of carbonyl (C=O) groups is 2. The van der Waals surface area contributed by atoms with Gasteiger partial charge >= 0.3 is 5.97 Å². The summed E-state index contributed by atoms with van der Waals surface area (Å²) < 4.78 is 5.50. The summed E-state index contributed by atoms with van der Waals surface area (Å²) in [5.41, 5.74) is 0. The number of allylic oxidation sites excluding steroid dienone is 4. The third-order valence-electron chi connectivity index (χ3n) is 17.0. The van der Waals surface area contributed by atoms with E-state index in [9.17, 15) is 19.8 Å². The van der Waals surface area contributed by atoms with E-state index in [0.29, 0.717) is 25.9 Å². The van der Waals surface area contributed by atoms with Gasteiger partial charge in [-0.3, -0.25) is 9.59 Å². The Balaban J connectivity index is 3.35. The van der Waals surface area contributed by atoms with Crippen molar-refractivity contribution in [3.8, 4) is 0 Å². The van der Waals surface area contributed by atoms with E-state index in [1.807, 2.05) is 0 Å². The zero-order chi connectivity index (χ0) is 57.1. The number of esters is 1. The summed E-state index contributed by atoms with van der Waals surface area (Å²) in [5, 5.41) is 23.3. The number of nitrogens with one attached hydrogen (secondary N) is 1. The summed E-state index contributed by atoms with van der Waals surface area (Å²) in [5.74, 6) is -0.0126. The highest BCUT2D eigenvalue weighted by atomic mass is 16.5. The molecular formula is C73H141NO5. The number of ether oxygens (including phenoxy) is 1.